The summed E-state index contributed by atoms with van der Waals surface area (Å²) in [7, 11) is -0.984. The molecule has 0 heterocycles. The standard InChI is InChI=1S/C9H22O3Si2/c1-7(6-10)9(2,3)8(11-13-4)12-14-5/h6-8H,13-14H2,1-5H3. The van der Waals surface area contributed by atoms with Gasteiger partial charge in [-0.05, 0) is 0 Å². The van der Waals surface area contributed by atoms with Crippen LogP contribution in [0.4, 0.5) is 0 Å². The lowest BCUT2D eigenvalue weighted by atomic mass is 9.80. The molecule has 0 radical (unpaired) electrons. The van der Waals surface area contributed by atoms with Crippen LogP contribution in [0.2, 0.25) is 13.1 Å². The highest BCUT2D eigenvalue weighted by atomic mass is 28.2. The topological polar surface area (TPSA) is 35.5 Å². The average Bonchev–Trinajstić information content (AvgIpc) is 2.16. The van der Waals surface area contributed by atoms with E-state index >= 15 is 0 Å². The largest absolute Gasteiger partial charge is 0.400 e. The second kappa shape index (κ2) is 6.50. The van der Waals surface area contributed by atoms with Crippen LogP contribution in [0.3, 0.4) is 0 Å². The van der Waals surface area contributed by atoms with E-state index in [1.165, 1.54) is 0 Å². The fraction of sp³-hybridized carbons (Fsp3) is 0.889. The van der Waals surface area contributed by atoms with Gasteiger partial charge in [0.1, 0.15) is 12.6 Å². The number of aldehydes is 1. The monoisotopic (exact) mass is 234 g/mol. The van der Waals surface area contributed by atoms with Crippen molar-refractivity contribution in [2.45, 2.75) is 40.2 Å². The molecule has 0 aromatic heterocycles. The highest BCUT2D eigenvalue weighted by Gasteiger charge is 2.35. The molecule has 0 aromatic rings. The van der Waals surface area contributed by atoms with Crippen molar-refractivity contribution in [3.63, 3.8) is 0 Å². The van der Waals surface area contributed by atoms with Crippen LogP contribution in [-0.2, 0) is 13.6 Å². The Morgan fingerprint density at radius 2 is 1.64 bits per heavy atom. The molecule has 0 aromatic carbocycles. The Bertz CT molecular complexity index is 167. The fourth-order valence-electron chi connectivity index (χ4n) is 1.17. The highest BCUT2D eigenvalue weighted by Crippen LogP contribution is 2.31. The summed E-state index contributed by atoms with van der Waals surface area (Å²) in [5, 5.41) is 0. The molecule has 0 N–H and O–H groups in total. The molecule has 1 atom stereocenters. The smallest absolute Gasteiger partial charge is 0.161 e. The van der Waals surface area contributed by atoms with Crippen molar-refractivity contribution in [1.29, 1.82) is 0 Å². The molecule has 1 unspecified atom stereocenters. The molecule has 0 amide bonds. The predicted molar refractivity (Wildman–Crippen MR) is 63.8 cm³/mol. The van der Waals surface area contributed by atoms with Crippen molar-refractivity contribution in [2.24, 2.45) is 11.3 Å². The summed E-state index contributed by atoms with van der Waals surface area (Å²) in [4.78, 5) is 10.8. The van der Waals surface area contributed by atoms with Crippen molar-refractivity contribution < 1.29 is 13.6 Å². The molecule has 0 saturated carbocycles. The van der Waals surface area contributed by atoms with Crippen molar-refractivity contribution in [3.8, 4) is 0 Å². The summed E-state index contributed by atoms with van der Waals surface area (Å²) < 4.78 is 11.3. The van der Waals surface area contributed by atoms with Crippen molar-refractivity contribution in [3.05, 3.63) is 0 Å². The summed E-state index contributed by atoms with van der Waals surface area (Å²) in [6.07, 6.45) is 0.796. The van der Waals surface area contributed by atoms with Crippen molar-refractivity contribution >= 4 is 25.8 Å². The summed E-state index contributed by atoms with van der Waals surface area (Å²) in [5.41, 5.74) is -0.215. The van der Waals surface area contributed by atoms with Crippen LogP contribution in [-0.4, -0.2) is 32.1 Å². The van der Waals surface area contributed by atoms with Crippen LogP contribution in [0.25, 0.3) is 0 Å². The molecule has 0 spiro atoms. The fourth-order valence-corrected chi connectivity index (χ4v) is 3.02. The highest BCUT2D eigenvalue weighted by molar-refractivity contribution is 6.26. The lowest BCUT2D eigenvalue weighted by Crippen LogP contribution is -2.41. The average molecular weight is 234 g/mol. The van der Waals surface area contributed by atoms with Crippen LogP contribution >= 0.6 is 0 Å². The van der Waals surface area contributed by atoms with Gasteiger partial charge < -0.3 is 13.6 Å². The van der Waals surface area contributed by atoms with Crippen LogP contribution in [0.5, 0.6) is 0 Å². The summed E-state index contributed by atoms with van der Waals surface area (Å²) in [5.74, 6) is -0.0337. The Labute approximate surface area is 91.4 Å². The van der Waals surface area contributed by atoms with Gasteiger partial charge in [-0.25, -0.2) is 0 Å². The van der Waals surface area contributed by atoms with Gasteiger partial charge in [0.2, 0.25) is 0 Å². The molecule has 0 rings (SSSR count). The number of rotatable bonds is 7. The summed E-state index contributed by atoms with van der Waals surface area (Å²) in [6, 6.07) is 0. The second-order valence-corrected chi connectivity index (χ2v) is 5.81. The Balaban J connectivity index is 4.50. The zero-order valence-electron chi connectivity index (χ0n) is 9.87. The minimum absolute atomic E-state index is 0.0337. The van der Waals surface area contributed by atoms with Gasteiger partial charge in [-0.15, -0.1) is 0 Å². The Kier molecular flexibility index (Phi) is 6.51. The van der Waals surface area contributed by atoms with Gasteiger partial charge >= 0.3 is 0 Å². The Morgan fingerprint density at radius 3 is 1.93 bits per heavy atom. The van der Waals surface area contributed by atoms with Crippen LogP contribution in [0, 0.1) is 11.3 Å². The van der Waals surface area contributed by atoms with E-state index in [4.69, 9.17) is 8.85 Å². The van der Waals surface area contributed by atoms with E-state index in [2.05, 4.69) is 13.1 Å². The van der Waals surface area contributed by atoms with Gasteiger partial charge in [-0.2, -0.15) is 0 Å². The van der Waals surface area contributed by atoms with Gasteiger partial charge in [0, 0.05) is 11.3 Å². The third kappa shape index (κ3) is 3.64. The molecule has 0 aliphatic heterocycles. The zero-order chi connectivity index (χ0) is 11.2. The first-order valence-electron chi connectivity index (χ1n) is 5.19. The van der Waals surface area contributed by atoms with Crippen molar-refractivity contribution in [2.75, 3.05) is 0 Å². The molecule has 5 heteroatoms. The Hall–Kier alpha value is 0.0238. The van der Waals surface area contributed by atoms with E-state index in [-0.39, 0.29) is 17.6 Å². The number of hydrogen-bond acceptors (Lipinski definition) is 3. The van der Waals surface area contributed by atoms with Gasteiger partial charge in [-0.3, -0.25) is 0 Å². The quantitative estimate of drug-likeness (QED) is 0.365. The van der Waals surface area contributed by atoms with Crippen molar-refractivity contribution in [1.82, 2.24) is 0 Å². The molecular formula is C9H22O3Si2. The summed E-state index contributed by atoms with van der Waals surface area (Å²) in [6.45, 7) is 10.1. The lowest BCUT2D eigenvalue weighted by Gasteiger charge is -2.36. The summed E-state index contributed by atoms with van der Waals surface area (Å²) >= 11 is 0. The molecule has 14 heavy (non-hydrogen) atoms. The molecule has 84 valence electrons. The van der Waals surface area contributed by atoms with E-state index in [1.807, 2.05) is 20.8 Å². The number of carbonyl (C=O) groups excluding carboxylic acids is 1. The van der Waals surface area contributed by atoms with Gasteiger partial charge in [0.05, 0.1) is 0 Å². The number of carbonyl (C=O) groups is 1. The minimum Gasteiger partial charge on any atom is -0.400 e. The first-order valence-corrected chi connectivity index (χ1v) is 9.17. The van der Waals surface area contributed by atoms with E-state index in [9.17, 15) is 4.79 Å². The predicted octanol–water partition coefficient (Wildman–Crippen LogP) is 0.471. The van der Waals surface area contributed by atoms with E-state index in [0.29, 0.717) is 0 Å². The first-order chi connectivity index (χ1) is 6.50. The zero-order valence-corrected chi connectivity index (χ0v) is 12.7. The van der Waals surface area contributed by atoms with Gasteiger partial charge in [0.25, 0.3) is 0 Å². The lowest BCUT2D eigenvalue weighted by molar-refractivity contribution is -0.129. The molecular weight excluding hydrogens is 212 g/mol. The first kappa shape index (κ1) is 14.0. The molecule has 3 nitrogen and oxygen atoms in total. The maximum Gasteiger partial charge on any atom is 0.161 e. The molecule has 0 aliphatic carbocycles. The normalized spacial score (nSPS) is 18.1. The Morgan fingerprint density at radius 1 is 1.21 bits per heavy atom. The van der Waals surface area contributed by atoms with E-state index < -0.39 is 19.5 Å². The molecule has 0 aliphatic rings. The van der Waals surface area contributed by atoms with Crippen LogP contribution in [0.15, 0.2) is 0 Å². The minimum atomic E-state index is -0.492. The van der Waals surface area contributed by atoms with Crippen LogP contribution < -0.4 is 0 Å². The van der Waals surface area contributed by atoms with E-state index in [0.717, 1.165) is 6.29 Å². The molecule has 0 bridgehead atoms. The SMILES string of the molecule is C[SiH2]OC(O[SiH2]C)C(C)(C)C(C)C=O. The van der Waals surface area contributed by atoms with Gasteiger partial charge in [-0.1, -0.05) is 33.9 Å². The third-order valence-corrected chi connectivity index (χ3v) is 3.89. The maximum atomic E-state index is 10.8. The molecule has 0 saturated heterocycles. The van der Waals surface area contributed by atoms with Crippen LogP contribution in [0.1, 0.15) is 20.8 Å². The molecule has 0 fully saturated rings. The third-order valence-electron chi connectivity index (χ3n) is 2.62. The van der Waals surface area contributed by atoms with Gasteiger partial charge in [0.15, 0.2) is 19.5 Å². The number of hydrogen-bond donors (Lipinski definition) is 0. The van der Waals surface area contributed by atoms with E-state index in [1.54, 1.807) is 0 Å². The maximum absolute atomic E-state index is 10.8. The second-order valence-electron chi connectivity index (χ2n) is 3.99.